The molecule has 0 aromatic heterocycles. The van der Waals surface area contributed by atoms with Gasteiger partial charge in [0.25, 0.3) is 0 Å². The van der Waals surface area contributed by atoms with Crippen LogP contribution in [0.1, 0.15) is 19.3 Å². The van der Waals surface area contributed by atoms with Gasteiger partial charge >= 0.3 is 0 Å². The molecule has 2 fully saturated rings. The number of carbonyl (C=O) groups is 1. The summed E-state index contributed by atoms with van der Waals surface area (Å²) in [5.74, 6) is -0.340. The lowest BCUT2D eigenvalue weighted by Crippen LogP contribution is -2.45. The predicted octanol–water partition coefficient (Wildman–Crippen LogP) is 2.08. The van der Waals surface area contributed by atoms with Crippen molar-refractivity contribution in [3.05, 3.63) is 42.5 Å². The van der Waals surface area contributed by atoms with Crippen LogP contribution >= 0.6 is 0 Å². The van der Waals surface area contributed by atoms with Crippen LogP contribution in [0.4, 0.5) is 0 Å². The third-order valence-electron chi connectivity index (χ3n) is 6.17. The number of hydrogen-bond acceptors (Lipinski definition) is 5. The van der Waals surface area contributed by atoms with Crippen molar-refractivity contribution in [1.82, 2.24) is 14.5 Å². The van der Waals surface area contributed by atoms with Crippen LogP contribution in [0.3, 0.4) is 0 Å². The number of benzene rings is 2. The largest absolute Gasteiger partial charge is 0.379 e. The minimum Gasteiger partial charge on any atom is -0.379 e. The molecule has 0 aliphatic carbocycles. The van der Waals surface area contributed by atoms with Gasteiger partial charge in [-0.15, -0.1) is 0 Å². The lowest BCUT2D eigenvalue weighted by molar-refractivity contribution is -0.126. The van der Waals surface area contributed by atoms with Crippen molar-refractivity contribution in [3.8, 4) is 0 Å². The summed E-state index contributed by atoms with van der Waals surface area (Å²) in [5, 5.41) is 4.92. The van der Waals surface area contributed by atoms with E-state index in [0.717, 1.165) is 56.5 Å². The van der Waals surface area contributed by atoms with E-state index in [9.17, 15) is 13.2 Å². The number of nitrogens with zero attached hydrogens (tertiary/aromatic N) is 2. The maximum Gasteiger partial charge on any atom is 0.243 e. The highest BCUT2D eigenvalue weighted by Gasteiger charge is 2.33. The molecule has 0 radical (unpaired) electrons. The third kappa shape index (κ3) is 5.44. The minimum atomic E-state index is -3.62. The van der Waals surface area contributed by atoms with Crippen LogP contribution in [0.15, 0.2) is 47.4 Å². The second-order valence-electron chi connectivity index (χ2n) is 8.31. The molecule has 2 aromatic rings. The average molecular weight is 446 g/mol. The van der Waals surface area contributed by atoms with E-state index < -0.39 is 10.0 Å². The lowest BCUT2D eigenvalue weighted by atomic mass is 9.99. The highest BCUT2D eigenvalue weighted by atomic mass is 32.2. The topological polar surface area (TPSA) is 79.0 Å². The molecule has 2 saturated heterocycles. The van der Waals surface area contributed by atoms with Crippen LogP contribution in [0.2, 0.25) is 0 Å². The average Bonchev–Trinajstić information content (AvgIpc) is 2.82. The Kier molecular flexibility index (Phi) is 7.22. The molecule has 0 spiro atoms. The van der Waals surface area contributed by atoms with Crippen LogP contribution in [-0.4, -0.2) is 76.0 Å². The molecular formula is C23H31N3O4S. The summed E-state index contributed by atoms with van der Waals surface area (Å²) < 4.78 is 33.2. The van der Waals surface area contributed by atoms with Gasteiger partial charge < -0.3 is 10.1 Å². The maximum atomic E-state index is 13.2. The van der Waals surface area contributed by atoms with Gasteiger partial charge in [-0.2, -0.15) is 4.31 Å². The van der Waals surface area contributed by atoms with Crippen molar-refractivity contribution in [2.75, 3.05) is 52.5 Å². The molecule has 31 heavy (non-hydrogen) atoms. The molecule has 2 aliphatic heterocycles. The Bertz CT molecular complexity index is 1000. The van der Waals surface area contributed by atoms with Gasteiger partial charge in [-0.05, 0) is 48.7 Å². The van der Waals surface area contributed by atoms with Crippen molar-refractivity contribution in [1.29, 1.82) is 0 Å². The van der Waals surface area contributed by atoms with Crippen molar-refractivity contribution >= 4 is 26.7 Å². The number of rotatable bonds is 7. The molecule has 0 bridgehead atoms. The predicted molar refractivity (Wildman–Crippen MR) is 120 cm³/mol. The van der Waals surface area contributed by atoms with Gasteiger partial charge in [0.2, 0.25) is 15.9 Å². The molecular weight excluding hydrogens is 414 g/mol. The Morgan fingerprint density at radius 2 is 1.84 bits per heavy atom. The standard InChI is InChI=1S/C23H31N3O4S/c27-23(24-10-4-11-25-13-15-30-16-14-25)21-7-3-12-26(18-21)31(28,29)22-9-8-19-5-1-2-6-20(19)17-22/h1-2,5-6,8-9,17,21H,3-4,7,10-16,18H2,(H,24,27)/t21-/m1/s1. The van der Waals surface area contributed by atoms with E-state index in [1.54, 1.807) is 12.1 Å². The van der Waals surface area contributed by atoms with Crippen LogP contribution < -0.4 is 5.32 Å². The Hall–Kier alpha value is -2.00. The van der Waals surface area contributed by atoms with Crippen molar-refractivity contribution in [2.24, 2.45) is 5.92 Å². The van der Waals surface area contributed by atoms with Gasteiger partial charge in [-0.3, -0.25) is 9.69 Å². The first-order valence-corrected chi connectivity index (χ1v) is 12.5. The number of piperidine rings is 1. The van der Waals surface area contributed by atoms with Crippen LogP contribution in [0.5, 0.6) is 0 Å². The summed E-state index contributed by atoms with van der Waals surface area (Å²) in [7, 11) is -3.62. The number of fused-ring (bicyclic) bond motifs is 1. The van der Waals surface area contributed by atoms with Crippen LogP contribution in [-0.2, 0) is 19.6 Å². The fourth-order valence-electron chi connectivity index (χ4n) is 4.34. The molecule has 7 nitrogen and oxygen atoms in total. The quantitative estimate of drug-likeness (QED) is 0.660. The molecule has 2 aromatic carbocycles. The first-order chi connectivity index (χ1) is 15.0. The monoisotopic (exact) mass is 445 g/mol. The molecule has 2 heterocycles. The lowest BCUT2D eigenvalue weighted by Gasteiger charge is -2.31. The summed E-state index contributed by atoms with van der Waals surface area (Å²) in [6, 6.07) is 12.9. The SMILES string of the molecule is O=C(NCCCN1CCOCC1)[C@@H]1CCCN(S(=O)(=O)c2ccc3ccccc3c2)C1. The molecule has 1 atom stereocenters. The van der Waals surface area contributed by atoms with Crippen molar-refractivity contribution in [2.45, 2.75) is 24.2 Å². The zero-order valence-corrected chi connectivity index (χ0v) is 18.6. The third-order valence-corrected chi connectivity index (χ3v) is 8.03. The number of hydrogen-bond donors (Lipinski definition) is 1. The normalized spacial score (nSPS) is 21.2. The van der Waals surface area contributed by atoms with E-state index in [4.69, 9.17) is 4.74 Å². The van der Waals surface area contributed by atoms with Crippen molar-refractivity contribution in [3.63, 3.8) is 0 Å². The van der Waals surface area contributed by atoms with E-state index in [1.165, 1.54) is 4.31 Å². The molecule has 1 N–H and O–H groups in total. The highest BCUT2D eigenvalue weighted by Crippen LogP contribution is 2.26. The minimum absolute atomic E-state index is 0.0413. The second kappa shape index (κ2) is 10.1. The summed E-state index contributed by atoms with van der Waals surface area (Å²) in [5.41, 5.74) is 0. The van der Waals surface area contributed by atoms with E-state index in [1.807, 2.05) is 30.3 Å². The molecule has 4 rings (SSSR count). The number of morpholine rings is 1. The first-order valence-electron chi connectivity index (χ1n) is 11.1. The molecule has 168 valence electrons. The number of amides is 1. The Morgan fingerprint density at radius 3 is 2.65 bits per heavy atom. The van der Waals surface area contributed by atoms with E-state index in [0.29, 0.717) is 19.5 Å². The fourth-order valence-corrected chi connectivity index (χ4v) is 5.89. The van der Waals surface area contributed by atoms with E-state index >= 15 is 0 Å². The highest BCUT2D eigenvalue weighted by molar-refractivity contribution is 7.89. The van der Waals surface area contributed by atoms with Crippen LogP contribution in [0, 0.1) is 5.92 Å². The number of sulfonamides is 1. The number of carbonyl (C=O) groups excluding carboxylic acids is 1. The molecule has 0 saturated carbocycles. The van der Waals surface area contributed by atoms with Gasteiger partial charge in [0.05, 0.1) is 24.0 Å². The smallest absolute Gasteiger partial charge is 0.243 e. The Balaban J connectivity index is 1.32. The van der Waals surface area contributed by atoms with Gasteiger partial charge in [-0.1, -0.05) is 30.3 Å². The number of nitrogens with one attached hydrogen (secondary N) is 1. The Labute approximate surface area is 184 Å². The zero-order chi connectivity index (χ0) is 21.7. The van der Waals surface area contributed by atoms with Gasteiger partial charge in [0.15, 0.2) is 0 Å². The fraction of sp³-hybridized carbons (Fsp3) is 0.522. The second-order valence-corrected chi connectivity index (χ2v) is 10.2. The van der Waals surface area contributed by atoms with Gasteiger partial charge in [0, 0.05) is 32.7 Å². The summed E-state index contributed by atoms with van der Waals surface area (Å²) in [6.07, 6.45) is 2.30. The molecule has 0 unspecified atom stereocenters. The van der Waals surface area contributed by atoms with E-state index in [2.05, 4.69) is 10.2 Å². The summed E-state index contributed by atoms with van der Waals surface area (Å²) >= 11 is 0. The first kappa shape index (κ1) is 22.2. The van der Waals surface area contributed by atoms with Gasteiger partial charge in [0.1, 0.15) is 0 Å². The van der Waals surface area contributed by atoms with Gasteiger partial charge in [-0.25, -0.2) is 8.42 Å². The molecule has 1 amide bonds. The number of ether oxygens (including phenoxy) is 1. The molecule has 8 heteroatoms. The zero-order valence-electron chi connectivity index (χ0n) is 17.8. The summed E-state index contributed by atoms with van der Waals surface area (Å²) in [6.45, 7) is 5.68. The maximum absolute atomic E-state index is 13.2. The van der Waals surface area contributed by atoms with Crippen LogP contribution in [0.25, 0.3) is 10.8 Å². The van der Waals surface area contributed by atoms with E-state index in [-0.39, 0.29) is 23.3 Å². The van der Waals surface area contributed by atoms with Crippen molar-refractivity contribution < 1.29 is 17.9 Å². The summed E-state index contributed by atoms with van der Waals surface area (Å²) in [4.78, 5) is 15.3. The molecule has 2 aliphatic rings. The Morgan fingerprint density at radius 1 is 1.06 bits per heavy atom.